The third-order valence-electron chi connectivity index (χ3n) is 11.5. The van der Waals surface area contributed by atoms with Crippen LogP contribution in [0, 0.1) is 12.8 Å². The Hall–Kier alpha value is -4.75. The van der Waals surface area contributed by atoms with Crippen molar-refractivity contribution in [2.24, 2.45) is 5.92 Å². The number of carbonyl (C=O) groups excluding carboxylic acids is 3. The van der Waals surface area contributed by atoms with Gasteiger partial charge in [0.1, 0.15) is 29.0 Å². The van der Waals surface area contributed by atoms with Crippen molar-refractivity contribution in [2.75, 3.05) is 6.54 Å². The van der Waals surface area contributed by atoms with Gasteiger partial charge in [0, 0.05) is 17.7 Å². The molecule has 1 spiro atoms. The van der Waals surface area contributed by atoms with E-state index in [9.17, 15) is 45.9 Å². The van der Waals surface area contributed by atoms with Crippen LogP contribution in [0.15, 0.2) is 30.4 Å². The van der Waals surface area contributed by atoms with E-state index in [1.165, 1.54) is 13.8 Å². The van der Waals surface area contributed by atoms with Crippen LogP contribution in [-0.2, 0) is 30.3 Å². The van der Waals surface area contributed by atoms with E-state index in [0.717, 1.165) is 23.1 Å². The quantitative estimate of drug-likeness (QED) is 0.243. The summed E-state index contributed by atoms with van der Waals surface area (Å²) in [5, 5.41) is 14.1. The van der Waals surface area contributed by atoms with Gasteiger partial charge in [-0.3, -0.25) is 19.1 Å². The highest BCUT2D eigenvalue weighted by Gasteiger charge is 2.65. The topological polar surface area (TPSA) is 193 Å². The number of nitrogens with zero attached hydrogens (tertiary/aromatic N) is 2. The zero-order valence-electron chi connectivity index (χ0n) is 30.3. The van der Waals surface area contributed by atoms with Gasteiger partial charge in [0.15, 0.2) is 5.75 Å². The minimum absolute atomic E-state index is 0.00222. The van der Waals surface area contributed by atoms with Gasteiger partial charge < -0.3 is 30.1 Å². The van der Waals surface area contributed by atoms with Crippen molar-refractivity contribution in [1.82, 2.24) is 25.2 Å². The molecule has 5 aliphatic rings. The minimum Gasteiger partial charge on any atom is -0.483 e. The van der Waals surface area contributed by atoms with Gasteiger partial charge in [-0.05, 0) is 70.6 Å². The molecule has 2 aliphatic carbocycles. The second-order valence-electron chi connectivity index (χ2n) is 15.7. The maximum Gasteiger partial charge on any atom is 0.573 e. The van der Waals surface area contributed by atoms with E-state index < -0.39 is 116 Å². The number of carboxylic acid groups (broad SMARTS) is 1. The molecule has 5 atom stereocenters. The zero-order chi connectivity index (χ0) is 40.6. The average Bonchev–Trinajstić information content (AvgIpc) is 3.97. The number of carbonyl (C=O) groups is 4. The number of fused-ring (bicyclic) bond motifs is 5. The number of hydrogen-bond donors (Lipinski definition) is 4. The number of hydrogen-bond acceptors (Lipinski definition) is 9. The zero-order valence-corrected chi connectivity index (χ0v) is 31.1. The molecule has 2 aromatic rings. The van der Waals surface area contributed by atoms with Crippen LogP contribution >= 0.6 is 0 Å². The lowest BCUT2D eigenvalue weighted by molar-refractivity contribution is -0.274. The van der Waals surface area contributed by atoms with E-state index in [0.29, 0.717) is 38.5 Å². The fourth-order valence-corrected chi connectivity index (χ4v) is 9.43. The summed E-state index contributed by atoms with van der Waals surface area (Å²) in [7, 11) is -4.15. The van der Waals surface area contributed by atoms with Crippen LogP contribution in [0.1, 0.15) is 82.4 Å². The monoisotopic (exact) mass is 813 g/mol. The highest BCUT2D eigenvalue weighted by molar-refractivity contribution is 7.91. The minimum atomic E-state index is -5.12. The summed E-state index contributed by atoms with van der Waals surface area (Å²) in [5.41, 5.74) is -4.68. The van der Waals surface area contributed by atoms with E-state index in [4.69, 9.17) is 4.74 Å². The fourth-order valence-electron chi connectivity index (χ4n) is 8.11. The first-order chi connectivity index (χ1) is 26.1. The summed E-state index contributed by atoms with van der Waals surface area (Å²) in [6, 6.07) is -0.213. The van der Waals surface area contributed by atoms with Crippen molar-refractivity contribution in [3.8, 4) is 11.5 Å². The Bertz CT molecular complexity index is 2150. The van der Waals surface area contributed by atoms with Gasteiger partial charge in [-0.25, -0.2) is 27.0 Å². The molecule has 4 N–H and O–H groups in total. The molecule has 3 fully saturated rings. The summed E-state index contributed by atoms with van der Waals surface area (Å²) in [6.07, 6.45) is -2.12. The second-order valence-corrected chi connectivity index (χ2v) is 17.9. The molecule has 0 radical (unpaired) electrons. The highest BCUT2D eigenvalue weighted by Crippen LogP contribution is 2.55. The standard InChI is InChI=1S/C36H40F5N5O9S/c1-19-27-26(22-14-21(54-36(39,40)41)10-11-23(22)42-19)35(37,38)17-33(55-27)16-25-28(47)44-34(30(49)45-56(52,53)32(2)12-13-32)15-20(34)8-6-4-3-5-7-9-24(43-31(50)51)29(48)46(25)18-33/h6,8,10-11,14,20,24-25,43H,3-5,7,9,12-13,15-18H2,1-2H3,(H,44,47)(H,45,49)(H,50,51)/b8-6-/t20-,24+,25+,33+,34-/m1/s1. The van der Waals surface area contributed by atoms with Crippen LogP contribution in [-0.4, -0.2) is 88.1 Å². The summed E-state index contributed by atoms with van der Waals surface area (Å²) in [4.78, 5) is 59.5. The summed E-state index contributed by atoms with van der Waals surface area (Å²) in [5.74, 6) is -8.62. The lowest BCUT2D eigenvalue weighted by Crippen LogP contribution is -2.58. The van der Waals surface area contributed by atoms with E-state index in [1.54, 1.807) is 12.2 Å². The Labute approximate surface area is 317 Å². The maximum absolute atomic E-state index is 16.6. The van der Waals surface area contributed by atoms with Crippen molar-refractivity contribution >= 4 is 44.7 Å². The SMILES string of the molecule is Cc1nc2ccc(OC(F)(F)F)cc2c2c1O[C@@]1(C[C@H]3C(=O)N[C@]4(C(=O)NS(=O)(=O)C5(C)CC5)C[C@H]4/C=C\CCCCC[C@H](NC(=O)O)C(=O)N3C1)CC2(F)F. The van der Waals surface area contributed by atoms with E-state index in [-0.39, 0.29) is 29.4 Å². The maximum atomic E-state index is 16.6. The van der Waals surface area contributed by atoms with E-state index in [2.05, 4.69) is 25.1 Å². The van der Waals surface area contributed by atoms with Crippen LogP contribution in [0.4, 0.5) is 26.7 Å². The lowest BCUT2D eigenvalue weighted by atomic mass is 9.84. The smallest absolute Gasteiger partial charge is 0.483 e. The van der Waals surface area contributed by atoms with Gasteiger partial charge in [0.2, 0.25) is 21.8 Å². The molecule has 20 heteroatoms. The molecule has 56 heavy (non-hydrogen) atoms. The first-order valence-electron chi connectivity index (χ1n) is 18.2. The predicted molar refractivity (Wildman–Crippen MR) is 186 cm³/mol. The molecular formula is C36H40F5N5O9S. The van der Waals surface area contributed by atoms with Crippen molar-refractivity contribution in [2.45, 2.75) is 118 Å². The molecule has 14 nitrogen and oxygen atoms in total. The lowest BCUT2D eigenvalue weighted by Gasteiger charge is -2.40. The number of amides is 4. The molecule has 4 heterocycles. The number of aryl methyl sites for hydroxylation is 1. The third-order valence-corrected chi connectivity index (χ3v) is 13.6. The van der Waals surface area contributed by atoms with Crippen LogP contribution in [0.5, 0.6) is 11.5 Å². The van der Waals surface area contributed by atoms with E-state index in [1.807, 2.05) is 0 Å². The Morgan fingerprint density at radius 2 is 1.86 bits per heavy atom. The van der Waals surface area contributed by atoms with Crippen molar-refractivity contribution in [3.63, 3.8) is 0 Å². The van der Waals surface area contributed by atoms with Gasteiger partial charge in [-0.15, -0.1) is 13.2 Å². The molecule has 1 aromatic heterocycles. The largest absolute Gasteiger partial charge is 0.573 e. The Morgan fingerprint density at radius 1 is 1.12 bits per heavy atom. The molecule has 0 bridgehead atoms. The van der Waals surface area contributed by atoms with Gasteiger partial charge in [0.25, 0.3) is 11.8 Å². The molecule has 1 saturated heterocycles. The number of aromatic nitrogens is 1. The molecule has 4 amide bonds. The summed E-state index contributed by atoms with van der Waals surface area (Å²) < 4.78 is 110. The number of halogens is 5. The number of pyridine rings is 1. The Morgan fingerprint density at radius 3 is 2.54 bits per heavy atom. The molecule has 0 unspecified atom stereocenters. The van der Waals surface area contributed by atoms with E-state index >= 15 is 8.78 Å². The number of rotatable bonds is 5. The Kier molecular flexibility index (Phi) is 9.47. The normalized spacial score (nSPS) is 30.3. The number of allylic oxidation sites excluding steroid dienone is 1. The van der Waals surface area contributed by atoms with Gasteiger partial charge >= 0.3 is 12.5 Å². The van der Waals surface area contributed by atoms with Crippen molar-refractivity contribution in [1.29, 1.82) is 0 Å². The van der Waals surface area contributed by atoms with Crippen LogP contribution < -0.4 is 24.8 Å². The second kappa shape index (κ2) is 13.4. The highest BCUT2D eigenvalue weighted by atomic mass is 32.2. The molecular weight excluding hydrogens is 773 g/mol. The molecule has 304 valence electrons. The molecule has 1 aromatic carbocycles. The van der Waals surface area contributed by atoms with Crippen LogP contribution in [0.3, 0.4) is 0 Å². The number of ether oxygens (including phenoxy) is 2. The number of nitrogens with one attached hydrogen (secondary N) is 3. The fraction of sp³-hybridized carbons (Fsp3) is 0.583. The predicted octanol–water partition coefficient (Wildman–Crippen LogP) is 4.69. The van der Waals surface area contributed by atoms with Gasteiger partial charge in [-0.1, -0.05) is 25.0 Å². The first-order valence-corrected chi connectivity index (χ1v) is 19.7. The summed E-state index contributed by atoms with van der Waals surface area (Å²) >= 11 is 0. The van der Waals surface area contributed by atoms with Crippen molar-refractivity contribution < 1.29 is 64.1 Å². The average molecular weight is 814 g/mol. The third kappa shape index (κ3) is 7.31. The number of sulfonamides is 1. The number of benzene rings is 1. The van der Waals surface area contributed by atoms with Crippen LogP contribution in [0.2, 0.25) is 0 Å². The Balaban J connectivity index is 1.27. The number of alkyl halides is 5. The first kappa shape index (κ1) is 39.5. The molecule has 3 aliphatic heterocycles. The van der Waals surface area contributed by atoms with Crippen molar-refractivity contribution in [3.05, 3.63) is 41.6 Å². The van der Waals surface area contributed by atoms with Gasteiger partial charge in [-0.2, -0.15) is 0 Å². The molecule has 7 rings (SSSR count). The molecule has 2 saturated carbocycles. The van der Waals surface area contributed by atoms with Gasteiger partial charge in [0.05, 0.1) is 34.5 Å². The summed E-state index contributed by atoms with van der Waals surface area (Å²) in [6.45, 7) is 2.18. The van der Waals surface area contributed by atoms with Crippen LogP contribution in [0.25, 0.3) is 10.9 Å².